The Morgan fingerprint density at radius 1 is 0.947 bits per heavy atom. The normalized spacial score (nSPS) is 15.2. The highest BCUT2D eigenvalue weighted by Gasteiger charge is 2.33. The Morgan fingerprint density at radius 3 is 2.16 bits per heavy atom. The number of H-pyrrole nitrogens is 1. The molecule has 13 nitrogen and oxygen atoms in total. The van der Waals surface area contributed by atoms with Gasteiger partial charge in [0.05, 0.1) is 12.1 Å². The first-order valence-electron chi connectivity index (χ1n) is 12.2. The molecule has 38 heavy (non-hydrogen) atoms. The lowest BCUT2D eigenvalue weighted by molar-refractivity contribution is -0.143. The lowest BCUT2D eigenvalue weighted by Crippen LogP contribution is -2.60. The zero-order valence-corrected chi connectivity index (χ0v) is 21.6. The molecule has 0 aliphatic rings. The number of aromatic nitrogens is 1. The van der Waals surface area contributed by atoms with Gasteiger partial charge < -0.3 is 42.6 Å². The highest BCUT2D eigenvalue weighted by Crippen LogP contribution is 2.18. The summed E-state index contributed by atoms with van der Waals surface area (Å²) in [6, 6.07) is 2.33. The molecule has 0 spiro atoms. The van der Waals surface area contributed by atoms with Crippen LogP contribution in [0.2, 0.25) is 0 Å². The summed E-state index contributed by atoms with van der Waals surface area (Å²) in [5, 5.41) is 27.6. The Hall–Kier alpha value is -3.97. The highest BCUT2D eigenvalue weighted by molar-refractivity contribution is 5.95. The molecule has 1 aromatic carbocycles. The summed E-state index contributed by atoms with van der Waals surface area (Å²) in [5.74, 6) is -4.96. The maximum absolute atomic E-state index is 13.0. The van der Waals surface area contributed by atoms with E-state index in [2.05, 4.69) is 20.9 Å². The second kappa shape index (κ2) is 13.5. The van der Waals surface area contributed by atoms with Crippen LogP contribution in [0.15, 0.2) is 30.5 Å². The van der Waals surface area contributed by atoms with E-state index in [0.29, 0.717) is 0 Å². The number of carbonyl (C=O) groups is 5. The molecule has 1 heterocycles. The van der Waals surface area contributed by atoms with Crippen molar-refractivity contribution in [2.45, 2.75) is 70.3 Å². The fraction of sp³-hybridized carbons (Fsp3) is 0.480. The first kappa shape index (κ1) is 30.3. The minimum Gasteiger partial charge on any atom is -0.480 e. The van der Waals surface area contributed by atoms with Crippen molar-refractivity contribution in [1.29, 1.82) is 0 Å². The quantitative estimate of drug-likeness (QED) is 0.148. The number of benzene rings is 1. The molecular formula is C25H36N6O7. The Balaban J connectivity index is 2.12. The Kier molecular flexibility index (Phi) is 10.8. The standard InChI is InChI=1S/C25H36N6O7/c1-12(2)20(25(37)38)30-23(35)18(8-9-19(27)33)29-24(36)21(13(3)32)31-22(34)16(26)10-14-11-28-17-7-5-4-6-15(14)17/h4-7,11-13,16,18,20-21,28,32H,8-10,26H2,1-3H3,(H2,27,33)(H,29,36)(H,30,35)(H,31,34)(H,37,38). The predicted octanol–water partition coefficient (Wildman–Crippen LogP) is -1.12. The minimum atomic E-state index is -1.49. The number of primary amides is 1. The van der Waals surface area contributed by atoms with Gasteiger partial charge in [-0.3, -0.25) is 19.2 Å². The van der Waals surface area contributed by atoms with Gasteiger partial charge in [-0.15, -0.1) is 0 Å². The van der Waals surface area contributed by atoms with Crippen LogP contribution in [0.1, 0.15) is 39.2 Å². The van der Waals surface area contributed by atoms with Crippen molar-refractivity contribution >= 4 is 40.5 Å². The van der Waals surface area contributed by atoms with Gasteiger partial charge in [-0.05, 0) is 37.3 Å². The van der Waals surface area contributed by atoms with E-state index in [9.17, 15) is 34.2 Å². The number of hydrogen-bond donors (Lipinski definition) is 8. The molecule has 0 bridgehead atoms. The van der Waals surface area contributed by atoms with Gasteiger partial charge in [0.2, 0.25) is 23.6 Å². The number of aliphatic hydroxyl groups is 1. The van der Waals surface area contributed by atoms with E-state index in [4.69, 9.17) is 11.5 Å². The first-order valence-corrected chi connectivity index (χ1v) is 12.2. The second-order valence-electron chi connectivity index (χ2n) is 9.53. The molecule has 5 atom stereocenters. The fourth-order valence-electron chi connectivity index (χ4n) is 3.88. The van der Waals surface area contributed by atoms with Gasteiger partial charge in [-0.1, -0.05) is 32.0 Å². The van der Waals surface area contributed by atoms with Crippen LogP contribution in [-0.2, 0) is 30.4 Å². The number of amides is 4. The van der Waals surface area contributed by atoms with Gasteiger partial charge in [0.25, 0.3) is 0 Å². The number of nitrogens with two attached hydrogens (primary N) is 2. The van der Waals surface area contributed by atoms with Crippen molar-refractivity contribution in [3.63, 3.8) is 0 Å². The maximum atomic E-state index is 13.0. The maximum Gasteiger partial charge on any atom is 0.326 e. The summed E-state index contributed by atoms with van der Waals surface area (Å²) < 4.78 is 0. The molecule has 5 unspecified atom stereocenters. The Labute approximate surface area is 219 Å². The SMILES string of the molecule is CC(C)C(NC(=O)C(CCC(N)=O)NC(=O)C(NC(=O)C(N)Cc1c[nH]c2ccccc12)C(C)O)C(=O)O. The molecule has 13 heteroatoms. The monoisotopic (exact) mass is 532 g/mol. The zero-order valence-electron chi connectivity index (χ0n) is 21.6. The molecule has 0 fully saturated rings. The van der Waals surface area contributed by atoms with Gasteiger partial charge >= 0.3 is 5.97 Å². The number of para-hydroxylation sites is 1. The molecule has 4 amide bonds. The van der Waals surface area contributed by atoms with E-state index in [-0.39, 0.29) is 19.3 Å². The van der Waals surface area contributed by atoms with E-state index in [1.165, 1.54) is 6.92 Å². The molecule has 0 saturated heterocycles. The lowest BCUT2D eigenvalue weighted by atomic mass is 10.0. The molecule has 10 N–H and O–H groups in total. The molecular weight excluding hydrogens is 496 g/mol. The number of aromatic amines is 1. The lowest BCUT2D eigenvalue weighted by Gasteiger charge is -2.27. The summed E-state index contributed by atoms with van der Waals surface area (Å²) in [7, 11) is 0. The minimum absolute atomic E-state index is 0.152. The third kappa shape index (κ3) is 8.28. The third-order valence-corrected chi connectivity index (χ3v) is 6.06. The fourth-order valence-corrected chi connectivity index (χ4v) is 3.88. The van der Waals surface area contributed by atoms with Crippen LogP contribution >= 0.6 is 0 Å². The largest absolute Gasteiger partial charge is 0.480 e. The average Bonchev–Trinajstić information content (AvgIpc) is 3.24. The number of hydrogen-bond acceptors (Lipinski definition) is 7. The number of carboxylic acid groups (broad SMARTS) is 1. The van der Waals surface area contributed by atoms with Crippen LogP contribution in [0.25, 0.3) is 10.9 Å². The van der Waals surface area contributed by atoms with Crippen LogP contribution in [0.5, 0.6) is 0 Å². The van der Waals surface area contributed by atoms with Crippen molar-refractivity contribution in [3.8, 4) is 0 Å². The Morgan fingerprint density at radius 2 is 1.58 bits per heavy atom. The van der Waals surface area contributed by atoms with Gasteiger partial charge in [-0.2, -0.15) is 0 Å². The van der Waals surface area contributed by atoms with Crippen LogP contribution < -0.4 is 27.4 Å². The van der Waals surface area contributed by atoms with Gasteiger partial charge in [0, 0.05) is 23.5 Å². The van der Waals surface area contributed by atoms with E-state index in [1.54, 1.807) is 20.0 Å². The van der Waals surface area contributed by atoms with E-state index in [1.807, 2.05) is 24.3 Å². The molecule has 0 radical (unpaired) electrons. The number of rotatable bonds is 14. The zero-order chi connectivity index (χ0) is 28.6. The molecule has 208 valence electrons. The summed E-state index contributed by atoms with van der Waals surface area (Å²) in [6.07, 6.45) is 0.0118. The van der Waals surface area contributed by atoms with Crippen molar-refractivity contribution < 1.29 is 34.2 Å². The van der Waals surface area contributed by atoms with Crippen LogP contribution in [0.3, 0.4) is 0 Å². The van der Waals surface area contributed by atoms with Gasteiger partial charge in [0.1, 0.15) is 18.1 Å². The third-order valence-electron chi connectivity index (χ3n) is 6.06. The first-order chi connectivity index (χ1) is 17.8. The number of nitrogens with one attached hydrogen (secondary N) is 4. The van der Waals surface area contributed by atoms with E-state index in [0.717, 1.165) is 16.5 Å². The average molecular weight is 533 g/mol. The van der Waals surface area contributed by atoms with Crippen LogP contribution in [0.4, 0.5) is 0 Å². The van der Waals surface area contributed by atoms with Crippen molar-refractivity contribution in [3.05, 3.63) is 36.0 Å². The molecule has 0 aliphatic carbocycles. The number of aliphatic hydroxyl groups excluding tert-OH is 1. The van der Waals surface area contributed by atoms with Crippen molar-refractivity contribution in [1.82, 2.24) is 20.9 Å². The molecule has 2 aromatic rings. The van der Waals surface area contributed by atoms with Crippen LogP contribution in [-0.4, -0.2) is 75.1 Å². The Bertz CT molecular complexity index is 1160. The summed E-state index contributed by atoms with van der Waals surface area (Å²) in [6.45, 7) is 4.45. The van der Waals surface area contributed by atoms with Gasteiger partial charge in [-0.25, -0.2) is 4.79 Å². The predicted molar refractivity (Wildman–Crippen MR) is 138 cm³/mol. The second-order valence-corrected chi connectivity index (χ2v) is 9.53. The summed E-state index contributed by atoms with van der Waals surface area (Å²) >= 11 is 0. The van der Waals surface area contributed by atoms with Gasteiger partial charge in [0.15, 0.2) is 0 Å². The smallest absolute Gasteiger partial charge is 0.326 e. The van der Waals surface area contributed by atoms with Crippen molar-refractivity contribution in [2.24, 2.45) is 17.4 Å². The number of carboxylic acids is 1. The summed E-state index contributed by atoms with van der Waals surface area (Å²) in [4.78, 5) is 64.5. The number of fused-ring (bicyclic) bond motifs is 1. The number of carbonyl (C=O) groups excluding carboxylic acids is 4. The van der Waals surface area contributed by atoms with E-state index >= 15 is 0 Å². The molecule has 2 rings (SSSR count). The molecule has 1 aromatic heterocycles. The highest BCUT2D eigenvalue weighted by atomic mass is 16.4. The topological polar surface area (TPSA) is 230 Å². The summed E-state index contributed by atoms with van der Waals surface area (Å²) in [5.41, 5.74) is 12.9. The molecule has 0 saturated carbocycles. The van der Waals surface area contributed by atoms with E-state index < -0.39 is 65.8 Å². The van der Waals surface area contributed by atoms with Crippen LogP contribution in [0, 0.1) is 5.92 Å². The van der Waals surface area contributed by atoms with Crippen molar-refractivity contribution in [2.75, 3.05) is 0 Å². The molecule has 0 aliphatic heterocycles. The number of aliphatic carboxylic acids is 1.